The lowest BCUT2D eigenvalue weighted by atomic mass is 9.82. The predicted molar refractivity (Wildman–Crippen MR) is 108 cm³/mol. The topological polar surface area (TPSA) is 71.2 Å². The molecule has 4 rings (SSSR count). The first-order valence-corrected chi connectivity index (χ1v) is 10.5. The Kier molecular flexibility index (Phi) is 5.49. The SMILES string of the molecule is Cn1cc(-c2ccc([C@H]3CCCN(C(=O)CC4(O)CCCCC4)C3)nc2)cn1. The van der Waals surface area contributed by atoms with Gasteiger partial charge in [0.25, 0.3) is 0 Å². The van der Waals surface area contributed by atoms with Crippen LogP contribution in [0.3, 0.4) is 0 Å². The van der Waals surface area contributed by atoms with E-state index in [0.29, 0.717) is 6.54 Å². The summed E-state index contributed by atoms with van der Waals surface area (Å²) < 4.78 is 1.79. The molecule has 6 heteroatoms. The summed E-state index contributed by atoms with van der Waals surface area (Å²) in [5.41, 5.74) is 2.37. The van der Waals surface area contributed by atoms with Gasteiger partial charge < -0.3 is 10.0 Å². The molecule has 2 aromatic rings. The maximum atomic E-state index is 12.8. The third-order valence-electron chi connectivity index (χ3n) is 6.28. The number of hydrogen-bond acceptors (Lipinski definition) is 4. The molecule has 1 aliphatic heterocycles. The summed E-state index contributed by atoms with van der Waals surface area (Å²) in [4.78, 5) is 19.5. The third-order valence-corrected chi connectivity index (χ3v) is 6.28. The summed E-state index contributed by atoms with van der Waals surface area (Å²) in [6.07, 6.45) is 12.8. The van der Waals surface area contributed by atoms with Crippen LogP contribution in [0.5, 0.6) is 0 Å². The number of pyridine rings is 1. The second-order valence-electron chi connectivity index (χ2n) is 8.52. The zero-order valence-corrected chi connectivity index (χ0v) is 16.7. The minimum absolute atomic E-state index is 0.0982. The Balaban J connectivity index is 1.40. The number of aryl methyl sites for hydroxylation is 1. The van der Waals surface area contributed by atoms with E-state index in [0.717, 1.165) is 61.9 Å². The van der Waals surface area contributed by atoms with Crippen LogP contribution >= 0.6 is 0 Å². The van der Waals surface area contributed by atoms with Crippen LogP contribution in [0, 0.1) is 0 Å². The van der Waals surface area contributed by atoms with Crippen LogP contribution < -0.4 is 0 Å². The minimum atomic E-state index is -0.786. The molecule has 0 spiro atoms. The van der Waals surface area contributed by atoms with Gasteiger partial charge >= 0.3 is 0 Å². The van der Waals surface area contributed by atoms with Crippen LogP contribution in [0.25, 0.3) is 11.1 Å². The van der Waals surface area contributed by atoms with E-state index in [-0.39, 0.29) is 18.2 Å². The van der Waals surface area contributed by atoms with Gasteiger partial charge in [-0.15, -0.1) is 0 Å². The first-order chi connectivity index (χ1) is 13.5. The molecule has 1 aliphatic carbocycles. The molecule has 0 unspecified atom stereocenters. The van der Waals surface area contributed by atoms with Gasteiger partial charge in [-0.1, -0.05) is 25.3 Å². The van der Waals surface area contributed by atoms with Crippen molar-refractivity contribution in [2.75, 3.05) is 13.1 Å². The zero-order chi connectivity index (χ0) is 19.6. The second kappa shape index (κ2) is 8.03. The number of hydrogen-bond donors (Lipinski definition) is 1. The predicted octanol–water partition coefficient (Wildman–Crippen LogP) is 3.27. The molecule has 1 N–H and O–H groups in total. The van der Waals surface area contributed by atoms with E-state index in [1.807, 2.05) is 30.5 Å². The van der Waals surface area contributed by atoms with Crippen LogP contribution in [0.2, 0.25) is 0 Å². The molecule has 0 radical (unpaired) electrons. The van der Waals surface area contributed by atoms with Crippen LogP contribution in [0.1, 0.15) is 63.0 Å². The summed E-state index contributed by atoms with van der Waals surface area (Å²) in [5, 5.41) is 14.9. The Hall–Kier alpha value is -2.21. The van der Waals surface area contributed by atoms with Crippen molar-refractivity contribution in [3.63, 3.8) is 0 Å². The monoisotopic (exact) mass is 382 g/mol. The third kappa shape index (κ3) is 4.27. The first-order valence-electron chi connectivity index (χ1n) is 10.5. The van der Waals surface area contributed by atoms with Crippen molar-refractivity contribution in [2.24, 2.45) is 7.05 Å². The van der Waals surface area contributed by atoms with E-state index in [1.165, 1.54) is 6.42 Å². The largest absolute Gasteiger partial charge is 0.389 e. The van der Waals surface area contributed by atoms with Gasteiger partial charge in [0, 0.05) is 55.3 Å². The molecular formula is C22H30N4O2. The number of aromatic nitrogens is 3. The van der Waals surface area contributed by atoms with E-state index in [4.69, 9.17) is 0 Å². The number of rotatable bonds is 4. The number of amides is 1. The molecule has 28 heavy (non-hydrogen) atoms. The van der Waals surface area contributed by atoms with Gasteiger partial charge in [0.2, 0.25) is 5.91 Å². The fourth-order valence-electron chi connectivity index (χ4n) is 4.61. The van der Waals surface area contributed by atoms with Crippen molar-refractivity contribution >= 4 is 5.91 Å². The van der Waals surface area contributed by atoms with E-state index in [9.17, 15) is 9.90 Å². The Morgan fingerprint density at radius 1 is 1.18 bits per heavy atom. The van der Waals surface area contributed by atoms with E-state index in [1.54, 1.807) is 4.68 Å². The summed E-state index contributed by atoms with van der Waals surface area (Å²) in [7, 11) is 1.91. The highest BCUT2D eigenvalue weighted by atomic mass is 16.3. The molecule has 1 atom stereocenters. The Bertz CT molecular complexity index is 808. The quantitative estimate of drug-likeness (QED) is 0.881. The number of nitrogens with zero attached hydrogens (tertiary/aromatic N) is 4. The Morgan fingerprint density at radius 3 is 2.68 bits per heavy atom. The molecule has 0 bridgehead atoms. The molecule has 2 aromatic heterocycles. The van der Waals surface area contributed by atoms with E-state index >= 15 is 0 Å². The van der Waals surface area contributed by atoms with Crippen molar-refractivity contribution in [3.05, 3.63) is 36.4 Å². The highest BCUT2D eigenvalue weighted by molar-refractivity contribution is 5.77. The molecule has 1 saturated heterocycles. The average Bonchev–Trinajstić information content (AvgIpc) is 3.15. The molecule has 1 amide bonds. The van der Waals surface area contributed by atoms with Crippen molar-refractivity contribution in [1.82, 2.24) is 19.7 Å². The van der Waals surface area contributed by atoms with Gasteiger partial charge in [-0.3, -0.25) is 14.5 Å². The molecule has 6 nitrogen and oxygen atoms in total. The van der Waals surface area contributed by atoms with Crippen LogP contribution in [-0.2, 0) is 11.8 Å². The fraction of sp³-hybridized carbons (Fsp3) is 0.591. The number of carbonyl (C=O) groups is 1. The lowest BCUT2D eigenvalue weighted by Gasteiger charge is -2.37. The lowest BCUT2D eigenvalue weighted by molar-refractivity contribution is -0.139. The first kappa shape index (κ1) is 19.1. The van der Waals surface area contributed by atoms with Crippen molar-refractivity contribution in [3.8, 4) is 11.1 Å². The van der Waals surface area contributed by atoms with Gasteiger partial charge in [0.05, 0.1) is 18.2 Å². The maximum Gasteiger partial charge on any atom is 0.225 e. The highest BCUT2D eigenvalue weighted by Crippen LogP contribution is 2.33. The molecule has 2 aliphatic rings. The smallest absolute Gasteiger partial charge is 0.225 e. The molecule has 0 aromatic carbocycles. The molecule has 2 fully saturated rings. The number of aliphatic hydroxyl groups is 1. The van der Waals surface area contributed by atoms with Crippen molar-refractivity contribution in [1.29, 1.82) is 0 Å². The minimum Gasteiger partial charge on any atom is -0.389 e. The second-order valence-corrected chi connectivity index (χ2v) is 8.52. The molecular weight excluding hydrogens is 352 g/mol. The highest BCUT2D eigenvalue weighted by Gasteiger charge is 2.35. The summed E-state index contributed by atoms with van der Waals surface area (Å²) in [6, 6.07) is 4.17. The van der Waals surface area contributed by atoms with E-state index in [2.05, 4.69) is 22.2 Å². The normalized spacial score (nSPS) is 22.2. The summed E-state index contributed by atoms with van der Waals surface area (Å²) in [6.45, 7) is 1.49. The van der Waals surface area contributed by atoms with Crippen LogP contribution in [0.4, 0.5) is 0 Å². The maximum absolute atomic E-state index is 12.8. The standard InChI is InChI=1S/C22H30N4O2/c1-25-15-19(14-24-25)17-7-8-20(23-13-17)18-6-5-11-26(16-18)21(27)12-22(28)9-3-2-4-10-22/h7-8,13-15,18,28H,2-6,9-12,16H2,1H3/t18-/m0/s1. The fourth-order valence-corrected chi connectivity index (χ4v) is 4.61. The number of piperidine rings is 1. The number of likely N-dealkylation sites (tertiary alicyclic amines) is 1. The molecule has 150 valence electrons. The van der Waals surface area contributed by atoms with Gasteiger partial charge in [0.1, 0.15) is 0 Å². The van der Waals surface area contributed by atoms with Gasteiger partial charge in [-0.05, 0) is 31.7 Å². The van der Waals surface area contributed by atoms with Gasteiger partial charge in [-0.25, -0.2) is 0 Å². The van der Waals surface area contributed by atoms with Crippen molar-refractivity contribution < 1.29 is 9.90 Å². The molecule has 3 heterocycles. The van der Waals surface area contributed by atoms with E-state index < -0.39 is 5.60 Å². The van der Waals surface area contributed by atoms with Gasteiger partial charge in [-0.2, -0.15) is 5.10 Å². The average molecular weight is 383 g/mol. The molecule has 1 saturated carbocycles. The van der Waals surface area contributed by atoms with Crippen LogP contribution in [-0.4, -0.2) is 49.4 Å². The Labute approximate surface area is 166 Å². The van der Waals surface area contributed by atoms with Gasteiger partial charge in [0.15, 0.2) is 0 Å². The summed E-state index contributed by atoms with van der Waals surface area (Å²) >= 11 is 0. The van der Waals surface area contributed by atoms with Crippen molar-refractivity contribution in [2.45, 2.75) is 62.9 Å². The zero-order valence-electron chi connectivity index (χ0n) is 16.7. The lowest BCUT2D eigenvalue weighted by Crippen LogP contribution is -2.44. The number of carbonyl (C=O) groups excluding carboxylic acids is 1. The summed E-state index contributed by atoms with van der Waals surface area (Å²) in [5.74, 6) is 0.364. The van der Waals surface area contributed by atoms with Crippen LogP contribution in [0.15, 0.2) is 30.7 Å². The Morgan fingerprint density at radius 2 is 2.00 bits per heavy atom.